The Labute approximate surface area is 125 Å². The summed E-state index contributed by atoms with van der Waals surface area (Å²) in [6.07, 6.45) is 3.21. The number of benzene rings is 1. The number of amides is 1. The number of ether oxygens (including phenoxy) is 2. The molecule has 116 valence electrons. The Hall–Kier alpha value is -1.59. The van der Waals surface area contributed by atoms with Crippen LogP contribution in [0.4, 0.5) is 0 Å². The normalized spacial score (nSPS) is 21.2. The lowest BCUT2D eigenvalue weighted by Crippen LogP contribution is -2.36. The summed E-state index contributed by atoms with van der Waals surface area (Å²) in [7, 11) is 1.66. The van der Waals surface area contributed by atoms with Crippen molar-refractivity contribution >= 4 is 5.91 Å². The topological polar surface area (TPSA) is 73.6 Å². The third kappa shape index (κ3) is 4.72. The van der Waals surface area contributed by atoms with E-state index in [0.29, 0.717) is 13.1 Å². The summed E-state index contributed by atoms with van der Waals surface area (Å²) in [6, 6.07) is 8.00. The van der Waals surface area contributed by atoms with Gasteiger partial charge in [-0.3, -0.25) is 4.79 Å². The van der Waals surface area contributed by atoms with Crippen LogP contribution in [0.2, 0.25) is 0 Å². The molecular formula is C16H24N2O3. The first-order chi connectivity index (χ1) is 10.2. The number of hydrogen-bond donors (Lipinski definition) is 2. The van der Waals surface area contributed by atoms with E-state index in [1.807, 2.05) is 24.3 Å². The number of nitrogens with one attached hydrogen (secondary N) is 1. The third-order valence-electron chi connectivity index (χ3n) is 3.76. The number of nitrogens with two attached hydrogens (primary N) is 1. The van der Waals surface area contributed by atoms with E-state index >= 15 is 0 Å². The van der Waals surface area contributed by atoms with Crippen LogP contribution in [0.15, 0.2) is 24.3 Å². The summed E-state index contributed by atoms with van der Waals surface area (Å²) in [5.41, 5.74) is 6.78. The molecule has 1 aliphatic rings. The fourth-order valence-electron chi connectivity index (χ4n) is 2.48. The van der Waals surface area contributed by atoms with Gasteiger partial charge in [0.2, 0.25) is 5.91 Å². The predicted molar refractivity (Wildman–Crippen MR) is 81.3 cm³/mol. The Balaban J connectivity index is 1.64. The molecule has 0 saturated carbocycles. The van der Waals surface area contributed by atoms with Crippen molar-refractivity contribution in [3.05, 3.63) is 29.8 Å². The fourth-order valence-corrected chi connectivity index (χ4v) is 2.48. The van der Waals surface area contributed by atoms with E-state index in [9.17, 15) is 4.79 Å². The second-order valence-electron chi connectivity index (χ2n) is 5.30. The largest absolute Gasteiger partial charge is 0.497 e. The van der Waals surface area contributed by atoms with Crippen LogP contribution >= 0.6 is 0 Å². The highest BCUT2D eigenvalue weighted by Gasteiger charge is 2.29. The van der Waals surface area contributed by atoms with Gasteiger partial charge in [-0.25, -0.2) is 0 Å². The SMILES string of the molecule is COc1ccc(CCCNC(=O)[C@@H]2CC[C@H](CN)O2)cc1. The third-order valence-corrected chi connectivity index (χ3v) is 3.76. The van der Waals surface area contributed by atoms with Crippen LogP contribution in [-0.2, 0) is 16.0 Å². The number of rotatable bonds is 7. The van der Waals surface area contributed by atoms with Crippen molar-refractivity contribution in [2.45, 2.75) is 37.9 Å². The summed E-state index contributed by atoms with van der Waals surface area (Å²) in [4.78, 5) is 11.9. The molecule has 1 fully saturated rings. The van der Waals surface area contributed by atoms with E-state index in [1.165, 1.54) is 5.56 Å². The number of carbonyl (C=O) groups is 1. The molecule has 0 radical (unpaired) electrons. The van der Waals surface area contributed by atoms with Crippen molar-refractivity contribution in [3.63, 3.8) is 0 Å². The molecule has 0 bridgehead atoms. The summed E-state index contributed by atoms with van der Waals surface area (Å²) in [6.45, 7) is 1.15. The minimum Gasteiger partial charge on any atom is -0.497 e. The average Bonchev–Trinajstić information content (AvgIpc) is 3.01. The van der Waals surface area contributed by atoms with Crippen molar-refractivity contribution in [2.75, 3.05) is 20.2 Å². The first-order valence-electron chi connectivity index (χ1n) is 7.49. The summed E-state index contributed by atoms with van der Waals surface area (Å²) >= 11 is 0. The standard InChI is InChI=1S/C16H24N2O3/c1-20-13-6-4-12(5-7-13)3-2-10-18-16(19)15-9-8-14(11-17)21-15/h4-7,14-15H,2-3,8-11,17H2,1H3,(H,18,19)/t14-,15+/m1/s1. The average molecular weight is 292 g/mol. The Morgan fingerprint density at radius 1 is 1.38 bits per heavy atom. The summed E-state index contributed by atoms with van der Waals surface area (Å²) < 4.78 is 10.7. The highest BCUT2D eigenvalue weighted by molar-refractivity contribution is 5.80. The van der Waals surface area contributed by atoms with Gasteiger partial charge in [-0.05, 0) is 43.4 Å². The van der Waals surface area contributed by atoms with E-state index in [2.05, 4.69) is 5.32 Å². The molecular weight excluding hydrogens is 268 g/mol. The number of aryl methyl sites for hydroxylation is 1. The first kappa shape index (κ1) is 15.8. The van der Waals surface area contributed by atoms with Crippen LogP contribution in [0.3, 0.4) is 0 Å². The van der Waals surface area contributed by atoms with Crippen molar-refractivity contribution < 1.29 is 14.3 Å². The quantitative estimate of drug-likeness (QED) is 0.742. The first-order valence-corrected chi connectivity index (χ1v) is 7.49. The van der Waals surface area contributed by atoms with Crippen molar-refractivity contribution in [3.8, 4) is 5.75 Å². The molecule has 5 nitrogen and oxygen atoms in total. The highest BCUT2D eigenvalue weighted by Crippen LogP contribution is 2.18. The zero-order valence-corrected chi connectivity index (χ0v) is 12.5. The minimum absolute atomic E-state index is 0.0133. The molecule has 2 rings (SSSR count). The van der Waals surface area contributed by atoms with Crippen molar-refractivity contribution in [1.82, 2.24) is 5.32 Å². The van der Waals surface area contributed by atoms with E-state index < -0.39 is 0 Å². The number of carbonyl (C=O) groups excluding carboxylic acids is 1. The lowest BCUT2D eigenvalue weighted by atomic mass is 10.1. The smallest absolute Gasteiger partial charge is 0.249 e. The van der Waals surface area contributed by atoms with Crippen LogP contribution in [-0.4, -0.2) is 38.3 Å². The maximum absolute atomic E-state index is 11.9. The van der Waals surface area contributed by atoms with E-state index in [1.54, 1.807) is 7.11 Å². The fraction of sp³-hybridized carbons (Fsp3) is 0.562. The van der Waals surface area contributed by atoms with Crippen molar-refractivity contribution in [1.29, 1.82) is 0 Å². The Morgan fingerprint density at radius 2 is 2.14 bits per heavy atom. The van der Waals surface area contributed by atoms with Gasteiger partial charge in [0.15, 0.2) is 0 Å². The van der Waals surface area contributed by atoms with Gasteiger partial charge in [0.1, 0.15) is 11.9 Å². The lowest BCUT2D eigenvalue weighted by molar-refractivity contribution is -0.131. The number of hydrogen-bond acceptors (Lipinski definition) is 4. The molecule has 1 amide bonds. The number of methoxy groups -OCH3 is 1. The second kappa shape index (κ2) is 8.00. The van der Waals surface area contributed by atoms with E-state index in [4.69, 9.17) is 15.2 Å². The van der Waals surface area contributed by atoms with Crippen LogP contribution in [0, 0.1) is 0 Å². The van der Waals surface area contributed by atoms with Gasteiger partial charge in [0.25, 0.3) is 0 Å². The zero-order valence-electron chi connectivity index (χ0n) is 12.5. The minimum atomic E-state index is -0.320. The molecule has 5 heteroatoms. The van der Waals surface area contributed by atoms with E-state index in [-0.39, 0.29) is 18.1 Å². The monoisotopic (exact) mass is 292 g/mol. The van der Waals surface area contributed by atoms with Gasteiger partial charge in [-0.2, -0.15) is 0 Å². The molecule has 1 heterocycles. The summed E-state index contributed by atoms with van der Waals surface area (Å²) in [5.74, 6) is 0.848. The summed E-state index contributed by atoms with van der Waals surface area (Å²) in [5, 5.41) is 2.93. The van der Waals surface area contributed by atoms with E-state index in [0.717, 1.165) is 31.4 Å². The molecule has 2 atom stereocenters. The van der Waals surface area contributed by atoms with Gasteiger partial charge in [0, 0.05) is 13.1 Å². The molecule has 1 saturated heterocycles. The molecule has 1 aromatic rings. The molecule has 0 aromatic heterocycles. The van der Waals surface area contributed by atoms with Crippen LogP contribution in [0.25, 0.3) is 0 Å². The Kier molecular flexibility index (Phi) is 6.02. The second-order valence-corrected chi connectivity index (χ2v) is 5.30. The maximum Gasteiger partial charge on any atom is 0.249 e. The van der Waals surface area contributed by atoms with Gasteiger partial charge >= 0.3 is 0 Å². The molecule has 0 spiro atoms. The zero-order chi connectivity index (χ0) is 15.1. The van der Waals surface area contributed by atoms with Gasteiger partial charge in [-0.15, -0.1) is 0 Å². The molecule has 1 aliphatic heterocycles. The maximum atomic E-state index is 11.9. The molecule has 21 heavy (non-hydrogen) atoms. The van der Waals surface area contributed by atoms with Crippen LogP contribution < -0.4 is 15.8 Å². The molecule has 0 unspecified atom stereocenters. The highest BCUT2D eigenvalue weighted by atomic mass is 16.5. The molecule has 1 aromatic carbocycles. The van der Waals surface area contributed by atoms with Crippen LogP contribution in [0.5, 0.6) is 5.75 Å². The van der Waals surface area contributed by atoms with Gasteiger partial charge in [-0.1, -0.05) is 12.1 Å². The van der Waals surface area contributed by atoms with Crippen LogP contribution in [0.1, 0.15) is 24.8 Å². The van der Waals surface area contributed by atoms with Crippen molar-refractivity contribution in [2.24, 2.45) is 5.73 Å². The molecule has 0 aliphatic carbocycles. The lowest BCUT2D eigenvalue weighted by Gasteiger charge is -2.12. The van der Waals surface area contributed by atoms with Gasteiger partial charge in [0.05, 0.1) is 13.2 Å². The Morgan fingerprint density at radius 3 is 2.76 bits per heavy atom. The van der Waals surface area contributed by atoms with Gasteiger partial charge < -0.3 is 20.5 Å². The predicted octanol–water partition coefficient (Wildman–Crippen LogP) is 1.25. The molecule has 3 N–H and O–H groups in total. The Bertz CT molecular complexity index is 447.